The van der Waals surface area contributed by atoms with E-state index in [1.165, 1.54) is 22.3 Å². The zero-order valence-electron chi connectivity index (χ0n) is 10.2. The third-order valence-corrected chi connectivity index (χ3v) is 3.17. The number of benzene rings is 2. The molecular weight excluding hydrogens is 227 g/mol. The third-order valence-electron chi connectivity index (χ3n) is 2.90. The molecule has 0 radical (unpaired) electrons. The molecule has 2 aromatic carbocycles. The fourth-order valence-corrected chi connectivity index (χ4v) is 2.15. The molecule has 1 nitrogen and oxygen atoms in total. The van der Waals surface area contributed by atoms with Gasteiger partial charge in [-0.3, -0.25) is 0 Å². The first-order valence-corrected chi connectivity index (χ1v) is 6.16. The van der Waals surface area contributed by atoms with Crippen LogP contribution in [0.2, 0.25) is 0 Å². The van der Waals surface area contributed by atoms with Crippen molar-refractivity contribution in [3.8, 4) is 0 Å². The fourth-order valence-electron chi connectivity index (χ4n) is 1.83. The molecule has 0 aliphatic rings. The average Bonchev–Trinajstić information content (AvgIpc) is 2.35. The van der Waals surface area contributed by atoms with Crippen molar-refractivity contribution >= 4 is 9.47 Å². The van der Waals surface area contributed by atoms with Gasteiger partial charge in [-0.15, -0.1) is 0 Å². The van der Waals surface area contributed by atoms with Crippen molar-refractivity contribution in [3.63, 3.8) is 0 Å². The SMILES string of the molecule is Cc1ccc(C(OP)c2ccc(C)cc2)cc1. The Morgan fingerprint density at radius 3 is 1.41 bits per heavy atom. The summed E-state index contributed by atoms with van der Waals surface area (Å²) < 4.78 is 5.52. The lowest BCUT2D eigenvalue weighted by Gasteiger charge is -2.16. The molecular formula is C15H17OP. The van der Waals surface area contributed by atoms with Crippen molar-refractivity contribution in [2.75, 3.05) is 0 Å². The Morgan fingerprint density at radius 2 is 1.12 bits per heavy atom. The van der Waals surface area contributed by atoms with Gasteiger partial charge in [0.25, 0.3) is 0 Å². The van der Waals surface area contributed by atoms with Gasteiger partial charge in [0.1, 0.15) is 6.10 Å². The predicted molar refractivity (Wildman–Crippen MR) is 75.0 cm³/mol. The molecule has 0 N–H and O–H groups in total. The van der Waals surface area contributed by atoms with E-state index in [1.807, 2.05) is 0 Å². The zero-order valence-corrected chi connectivity index (χ0v) is 11.3. The highest BCUT2D eigenvalue weighted by molar-refractivity contribution is 7.09. The minimum Gasteiger partial charge on any atom is -0.353 e. The van der Waals surface area contributed by atoms with E-state index in [0.29, 0.717) is 0 Å². The predicted octanol–water partition coefficient (Wildman–Crippen LogP) is 4.20. The van der Waals surface area contributed by atoms with E-state index in [4.69, 9.17) is 4.52 Å². The Morgan fingerprint density at radius 1 is 0.765 bits per heavy atom. The summed E-state index contributed by atoms with van der Waals surface area (Å²) >= 11 is 0. The molecule has 2 aromatic rings. The van der Waals surface area contributed by atoms with Gasteiger partial charge in [-0.2, -0.15) is 0 Å². The normalized spacial score (nSPS) is 10.8. The summed E-state index contributed by atoms with van der Waals surface area (Å²) in [4.78, 5) is 0. The molecule has 0 heterocycles. The standard InChI is InChI=1S/C15H17OP/c1-11-3-7-13(8-4-11)15(16-17)14-9-5-12(2)6-10-14/h3-10,15H,17H2,1-2H3. The molecule has 0 saturated carbocycles. The Hall–Kier alpha value is -1.17. The molecule has 1 atom stereocenters. The summed E-state index contributed by atoms with van der Waals surface area (Å²) in [5.41, 5.74) is 4.88. The maximum atomic E-state index is 5.52. The zero-order chi connectivity index (χ0) is 12.3. The highest BCUT2D eigenvalue weighted by atomic mass is 31.0. The highest BCUT2D eigenvalue weighted by Gasteiger charge is 2.12. The van der Waals surface area contributed by atoms with Crippen LogP contribution in [0, 0.1) is 13.8 Å². The molecule has 1 unspecified atom stereocenters. The number of hydrogen-bond acceptors (Lipinski definition) is 1. The number of aryl methyl sites for hydroxylation is 2. The van der Waals surface area contributed by atoms with Crippen molar-refractivity contribution in [2.24, 2.45) is 0 Å². The first kappa shape index (κ1) is 12.3. The van der Waals surface area contributed by atoms with Crippen molar-refractivity contribution in [1.29, 1.82) is 0 Å². The first-order valence-electron chi connectivity index (χ1n) is 5.69. The Labute approximate surface area is 105 Å². The average molecular weight is 244 g/mol. The van der Waals surface area contributed by atoms with Crippen LogP contribution in [0.3, 0.4) is 0 Å². The molecule has 0 amide bonds. The minimum atomic E-state index is -0.0128. The van der Waals surface area contributed by atoms with Gasteiger partial charge in [-0.1, -0.05) is 59.7 Å². The highest BCUT2D eigenvalue weighted by Crippen LogP contribution is 2.28. The van der Waals surface area contributed by atoms with E-state index in [0.717, 1.165) is 0 Å². The molecule has 88 valence electrons. The van der Waals surface area contributed by atoms with Crippen LogP contribution in [-0.2, 0) is 4.52 Å². The lowest BCUT2D eigenvalue weighted by Crippen LogP contribution is -2.00. The monoisotopic (exact) mass is 244 g/mol. The van der Waals surface area contributed by atoms with Crippen LogP contribution < -0.4 is 0 Å². The van der Waals surface area contributed by atoms with Crippen molar-refractivity contribution < 1.29 is 4.52 Å². The Balaban J connectivity index is 2.33. The van der Waals surface area contributed by atoms with Crippen LogP contribution in [0.15, 0.2) is 48.5 Å². The van der Waals surface area contributed by atoms with Gasteiger partial charge in [-0.25, -0.2) is 0 Å². The molecule has 2 rings (SSSR count). The van der Waals surface area contributed by atoms with Gasteiger partial charge in [0.2, 0.25) is 0 Å². The third kappa shape index (κ3) is 2.94. The smallest absolute Gasteiger partial charge is 0.111 e. The molecule has 17 heavy (non-hydrogen) atoms. The van der Waals surface area contributed by atoms with Gasteiger partial charge in [0.05, 0.1) is 0 Å². The van der Waals surface area contributed by atoms with Crippen LogP contribution in [0.1, 0.15) is 28.4 Å². The van der Waals surface area contributed by atoms with Gasteiger partial charge in [-0.05, 0) is 25.0 Å². The Kier molecular flexibility index (Phi) is 3.93. The molecule has 2 heteroatoms. The maximum absolute atomic E-state index is 5.52. The van der Waals surface area contributed by atoms with E-state index in [1.54, 1.807) is 0 Å². The van der Waals surface area contributed by atoms with E-state index in [9.17, 15) is 0 Å². The van der Waals surface area contributed by atoms with Crippen molar-refractivity contribution in [3.05, 3.63) is 70.8 Å². The molecule has 0 spiro atoms. The second-order valence-electron chi connectivity index (χ2n) is 4.34. The van der Waals surface area contributed by atoms with Crippen molar-refractivity contribution in [1.82, 2.24) is 0 Å². The van der Waals surface area contributed by atoms with Crippen LogP contribution in [0.4, 0.5) is 0 Å². The number of rotatable bonds is 3. The molecule has 0 bridgehead atoms. The fraction of sp³-hybridized carbons (Fsp3) is 0.200. The lowest BCUT2D eigenvalue weighted by molar-refractivity contribution is 0.293. The van der Waals surface area contributed by atoms with Gasteiger partial charge in [0, 0.05) is 9.47 Å². The first-order chi connectivity index (χ1) is 8.20. The second-order valence-corrected chi connectivity index (χ2v) is 4.61. The van der Waals surface area contributed by atoms with Crippen molar-refractivity contribution in [2.45, 2.75) is 20.0 Å². The van der Waals surface area contributed by atoms with Crippen LogP contribution in [0.25, 0.3) is 0 Å². The Bertz CT molecular complexity index is 428. The topological polar surface area (TPSA) is 9.23 Å². The lowest BCUT2D eigenvalue weighted by atomic mass is 10.00. The van der Waals surface area contributed by atoms with Crippen LogP contribution in [0.5, 0.6) is 0 Å². The minimum absolute atomic E-state index is 0.0128. The largest absolute Gasteiger partial charge is 0.353 e. The van der Waals surface area contributed by atoms with E-state index >= 15 is 0 Å². The van der Waals surface area contributed by atoms with Crippen LogP contribution in [-0.4, -0.2) is 0 Å². The van der Waals surface area contributed by atoms with Gasteiger partial charge < -0.3 is 4.52 Å². The summed E-state index contributed by atoms with van der Waals surface area (Å²) in [7, 11) is 2.36. The summed E-state index contributed by atoms with van der Waals surface area (Å²) in [5, 5.41) is 0. The maximum Gasteiger partial charge on any atom is 0.111 e. The van der Waals surface area contributed by atoms with E-state index in [2.05, 4.69) is 71.8 Å². The summed E-state index contributed by atoms with van der Waals surface area (Å²) in [5.74, 6) is 0. The molecule has 0 aromatic heterocycles. The molecule has 0 aliphatic carbocycles. The van der Waals surface area contributed by atoms with Gasteiger partial charge >= 0.3 is 0 Å². The van der Waals surface area contributed by atoms with E-state index < -0.39 is 0 Å². The number of hydrogen-bond donors (Lipinski definition) is 0. The summed E-state index contributed by atoms with van der Waals surface area (Å²) in [6.45, 7) is 4.18. The summed E-state index contributed by atoms with van der Waals surface area (Å²) in [6, 6.07) is 16.9. The quantitative estimate of drug-likeness (QED) is 0.735. The molecule has 0 saturated heterocycles. The molecule has 0 fully saturated rings. The van der Waals surface area contributed by atoms with E-state index in [-0.39, 0.29) is 6.10 Å². The molecule has 0 aliphatic heterocycles. The van der Waals surface area contributed by atoms with Gasteiger partial charge in [0.15, 0.2) is 0 Å². The van der Waals surface area contributed by atoms with Crippen LogP contribution >= 0.6 is 9.47 Å². The summed E-state index contributed by atoms with van der Waals surface area (Å²) in [6.07, 6.45) is -0.0128. The second kappa shape index (κ2) is 5.44.